The van der Waals surface area contributed by atoms with Gasteiger partial charge < -0.3 is 4.98 Å². The molecule has 0 bridgehead atoms. The first kappa shape index (κ1) is 34.9. The third-order valence-corrected chi connectivity index (χ3v) is 14.6. The van der Waals surface area contributed by atoms with Crippen LogP contribution in [0.4, 0.5) is 4.39 Å². The number of thiophene rings is 1. The van der Waals surface area contributed by atoms with Crippen molar-refractivity contribution in [1.29, 1.82) is 0 Å². The van der Waals surface area contributed by atoms with Crippen molar-refractivity contribution >= 4 is 49.2 Å². The molecule has 56 heavy (non-hydrogen) atoms. The van der Waals surface area contributed by atoms with E-state index in [4.69, 9.17) is 6.85 Å². The maximum absolute atomic E-state index is 13.1. The molecular weight excluding hydrogens is 944 g/mol. The van der Waals surface area contributed by atoms with E-state index in [2.05, 4.69) is 112 Å². The second-order valence-electron chi connectivity index (χ2n) is 15.9. The van der Waals surface area contributed by atoms with Crippen molar-refractivity contribution in [2.45, 2.75) is 57.7 Å². The molecule has 1 radical (unpaired) electrons. The van der Waals surface area contributed by atoms with Gasteiger partial charge in [0.2, 0.25) is 0 Å². The first-order chi connectivity index (χ1) is 28.3. The third-order valence-electron chi connectivity index (χ3n) is 9.27. The Morgan fingerprint density at radius 1 is 0.732 bits per heavy atom. The molecular formula is C50H47FGeIrN2S-2. The number of hydrogen-bond donors (Lipinski definition) is 0. The minimum absolute atomic E-state index is 0. The minimum atomic E-state index is -2.48. The van der Waals surface area contributed by atoms with Crippen LogP contribution in [0.1, 0.15) is 49.9 Å². The van der Waals surface area contributed by atoms with E-state index < -0.39 is 31.9 Å². The van der Waals surface area contributed by atoms with Crippen molar-refractivity contribution in [1.82, 2.24) is 9.97 Å². The zero-order chi connectivity index (χ0) is 43.0. The molecule has 3 heterocycles. The normalized spacial score (nSPS) is 13.4. The molecule has 0 saturated heterocycles. The summed E-state index contributed by atoms with van der Waals surface area (Å²) < 4.78 is 58.4. The van der Waals surface area contributed by atoms with Gasteiger partial charge in [-0.05, 0) is 74.7 Å². The van der Waals surface area contributed by atoms with Crippen LogP contribution in [0, 0.1) is 30.2 Å². The number of rotatable bonds is 7. The molecule has 0 spiro atoms. The van der Waals surface area contributed by atoms with Crippen molar-refractivity contribution in [3.8, 4) is 33.6 Å². The van der Waals surface area contributed by atoms with E-state index in [1.807, 2.05) is 30.5 Å². The van der Waals surface area contributed by atoms with Gasteiger partial charge in [0, 0.05) is 37.9 Å². The number of aromatic nitrogens is 2. The summed E-state index contributed by atoms with van der Waals surface area (Å²) in [5.41, 5.74) is 6.86. The van der Waals surface area contributed by atoms with Crippen LogP contribution in [0.25, 0.3) is 53.8 Å². The zero-order valence-corrected chi connectivity index (χ0v) is 37.7. The second kappa shape index (κ2) is 17.5. The zero-order valence-electron chi connectivity index (χ0n) is 37.4. The van der Waals surface area contributed by atoms with Crippen LogP contribution in [0.3, 0.4) is 0 Å². The van der Waals surface area contributed by atoms with Crippen LogP contribution >= 0.6 is 11.3 Å². The molecule has 0 unspecified atom stereocenters. The molecule has 0 amide bonds. The Labute approximate surface area is 359 Å². The Balaban J connectivity index is 0.000000290. The van der Waals surface area contributed by atoms with Gasteiger partial charge in [-0.15, -0.1) is 23.8 Å². The second-order valence-corrected chi connectivity index (χ2v) is 27.6. The van der Waals surface area contributed by atoms with Crippen molar-refractivity contribution < 1.29 is 31.3 Å². The van der Waals surface area contributed by atoms with Gasteiger partial charge in [0.25, 0.3) is 0 Å². The Bertz CT molecular complexity index is 2790. The van der Waals surface area contributed by atoms with Gasteiger partial charge >= 0.3 is 104 Å². The Morgan fingerprint density at radius 2 is 1.48 bits per heavy atom. The molecule has 0 N–H and O–H groups in total. The summed E-state index contributed by atoms with van der Waals surface area (Å²) in [7, 11) is 0. The third kappa shape index (κ3) is 10.2. The number of benzene rings is 5. The van der Waals surface area contributed by atoms with Crippen LogP contribution in [-0.4, -0.2) is 23.2 Å². The number of halogens is 1. The van der Waals surface area contributed by atoms with Crippen LogP contribution in [-0.2, 0) is 32.9 Å². The van der Waals surface area contributed by atoms with E-state index in [0.29, 0.717) is 16.8 Å². The van der Waals surface area contributed by atoms with E-state index in [0.717, 1.165) is 33.2 Å². The Hall–Kier alpha value is -4.26. The molecule has 6 heteroatoms. The van der Waals surface area contributed by atoms with Crippen LogP contribution in [0.5, 0.6) is 0 Å². The SMILES string of the molecule is [2H]C([2H])([2H])c1cnc(-c2[c-]cc3sc4cc(-c5cccc(Cc6ccccc6)c5)ccc4c3c2)cc1C([2H])([2H])C(C)(C)C.[CH3][Ge]([CH3])([CH3])[c]1ccc(-c2[c-]ccc(F)c2)nc1.[Ir]. The van der Waals surface area contributed by atoms with Crippen molar-refractivity contribution in [2.75, 3.05) is 0 Å². The molecule has 8 rings (SSSR count). The summed E-state index contributed by atoms with van der Waals surface area (Å²) in [6.07, 6.45) is 2.23. The van der Waals surface area contributed by atoms with Crippen molar-refractivity contribution in [3.63, 3.8) is 0 Å². The summed E-state index contributed by atoms with van der Waals surface area (Å²) in [6.45, 7) is 2.86. The molecule has 3 aromatic heterocycles. The van der Waals surface area contributed by atoms with Crippen LogP contribution in [0.2, 0.25) is 17.3 Å². The molecule has 0 saturated carbocycles. The van der Waals surface area contributed by atoms with Gasteiger partial charge in [0.1, 0.15) is 0 Å². The predicted molar refractivity (Wildman–Crippen MR) is 235 cm³/mol. The summed E-state index contributed by atoms with van der Waals surface area (Å²) in [4.78, 5) is 8.89. The average molecular weight is 997 g/mol. The molecule has 0 aliphatic rings. The molecule has 0 aliphatic heterocycles. The number of hydrogen-bond acceptors (Lipinski definition) is 3. The van der Waals surface area contributed by atoms with E-state index in [9.17, 15) is 4.39 Å². The monoisotopic (exact) mass is 998 g/mol. The molecule has 5 aromatic carbocycles. The number of nitrogens with zero attached hydrogens (tertiary/aromatic N) is 2. The van der Waals surface area contributed by atoms with Gasteiger partial charge in [-0.1, -0.05) is 105 Å². The predicted octanol–water partition coefficient (Wildman–Crippen LogP) is 13.3. The number of aryl methyl sites for hydroxylation is 1. The van der Waals surface area contributed by atoms with E-state index in [1.165, 1.54) is 44.1 Å². The largest absolute Gasteiger partial charge is 0 e. The van der Waals surface area contributed by atoms with Gasteiger partial charge in [0.15, 0.2) is 0 Å². The van der Waals surface area contributed by atoms with E-state index in [-0.39, 0.29) is 37.0 Å². The molecule has 285 valence electrons. The number of pyridine rings is 2. The summed E-state index contributed by atoms with van der Waals surface area (Å²) >= 11 is -0.0915. The fourth-order valence-electron chi connectivity index (χ4n) is 6.43. The summed E-state index contributed by atoms with van der Waals surface area (Å²) in [5.74, 6) is 6.72. The standard InChI is InChI=1S/C36H32NS.C14H15FGeN.Ir/c1-24-23-37-33(20-30(24)22-36(2,3)4)29-14-16-34-32(19-29)31-15-13-28(21-35(31)38-34)27-12-8-11-26(18-27)17-25-9-6-5-7-10-25;1-16(2,3)13-7-8-14(17-10-13)11-5-4-6-12(15)9-11;/h5-13,15-16,18-21,23H,17,22H2,1-4H3;4,6-10H,1-3H3;/q2*-1;/i1D3,22D2;;. The van der Waals surface area contributed by atoms with E-state index in [1.54, 1.807) is 44.2 Å². The fourth-order valence-corrected chi connectivity index (χ4v) is 9.71. The number of fused-ring (bicyclic) bond motifs is 3. The first-order valence-corrected chi connectivity index (χ1v) is 26.6. The Kier molecular flexibility index (Phi) is 10.9. The molecule has 2 nitrogen and oxygen atoms in total. The summed E-state index contributed by atoms with van der Waals surface area (Å²) in [5, 5.41) is 2.20. The van der Waals surface area contributed by atoms with E-state index >= 15 is 0 Å². The molecule has 8 aromatic rings. The topological polar surface area (TPSA) is 25.8 Å². The van der Waals surface area contributed by atoms with Crippen LogP contribution in [0.15, 0.2) is 134 Å². The van der Waals surface area contributed by atoms with Crippen molar-refractivity contribution in [2.24, 2.45) is 5.41 Å². The minimum Gasteiger partial charge on any atom is 0 e. The Morgan fingerprint density at radius 3 is 2.20 bits per heavy atom. The quantitative estimate of drug-likeness (QED) is 0.117. The van der Waals surface area contributed by atoms with Gasteiger partial charge in [-0.25, -0.2) is 0 Å². The fraction of sp³-hybridized carbons (Fsp3) is 0.200. The molecule has 0 aliphatic carbocycles. The molecule has 0 fully saturated rings. The summed E-state index contributed by atoms with van der Waals surface area (Å²) in [6, 6.07) is 46.1. The molecule has 0 atom stereocenters. The van der Waals surface area contributed by atoms with Crippen molar-refractivity contribution in [3.05, 3.63) is 174 Å². The van der Waals surface area contributed by atoms with Crippen LogP contribution < -0.4 is 4.40 Å². The maximum Gasteiger partial charge on any atom is 0 e. The first-order valence-electron chi connectivity index (χ1n) is 20.9. The maximum atomic E-state index is 13.1. The smallest absolute Gasteiger partial charge is 0 e. The van der Waals surface area contributed by atoms with Gasteiger partial charge in [0.05, 0.1) is 0 Å². The van der Waals surface area contributed by atoms with Gasteiger partial charge in [-0.2, -0.15) is 11.3 Å². The average Bonchev–Trinajstić information content (AvgIpc) is 3.58. The van der Waals surface area contributed by atoms with Gasteiger partial charge in [-0.3, -0.25) is 0 Å².